The number of hydrogen-bond acceptors (Lipinski definition) is 7. The topological polar surface area (TPSA) is 108 Å². The number of aromatic nitrogens is 2. The van der Waals surface area contributed by atoms with Crippen LogP contribution in [0.4, 0.5) is 11.4 Å². The van der Waals surface area contributed by atoms with E-state index in [-0.39, 0.29) is 12.2 Å². The van der Waals surface area contributed by atoms with Crippen LogP contribution < -0.4 is 21.0 Å². The number of ether oxygens (including phenoxy) is 1. The van der Waals surface area contributed by atoms with Crippen molar-refractivity contribution in [3.8, 4) is 5.69 Å². The number of nitrogens with one attached hydrogen (secondary N) is 1. The molecule has 9 heteroatoms. The highest BCUT2D eigenvalue weighted by Gasteiger charge is 2.29. The van der Waals surface area contributed by atoms with Crippen molar-refractivity contribution < 1.29 is 14.6 Å². The lowest BCUT2D eigenvalue weighted by Gasteiger charge is -2.21. The van der Waals surface area contributed by atoms with Crippen LogP contribution in [0.25, 0.3) is 5.69 Å². The molecule has 0 fully saturated rings. The third-order valence-corrected chi connectivity index (χ3v) is 4.13. The van der Waals surface area contributed by atoms with E-state index in [2.05, 4.69) is 4.98 Å². The number of fused-ring (bicyclic) bond motifs is 1. The molecule has 0 spiro atoms. The third kappa shape index (κ3) is 2.68. The zero-order valence-electron chi connectivity index (χ0n) is 14.0. The number of H-pyrrole nitrogens is 1. The Morgan fingerprint density at radius 2 is 1.92 bits per heavy atom. The number of hydrogen-bond donors (Lipinski definition) is 2. The molecule has 1 aromatic heterocycles. The number of carbonyl (C=O) groups excluding carboxylic acids is 1. The van der Waals surface area contributed by atoms with E-state index in [4.69, 9.17) is 4.74 Å². The van der Waals surface area contributed by atoms with Crippen LogP contribution in [0.1, 0.15) is 17.3 Å². The number of anilines is 2. The fourth-order valence-corrected chi connectivity index (χ4v) is 2.77. The summed E-state index contributed by atoms with van der Waals surface area (Å²) in [6.45, 7) is 1.74. The largest absolute Gasteiger partial charge is 0.462 e. The molecule has 0 saturated carbocycles. The standard InChI is InChI=1S/C16H18N4O5/c1-4-25-14(22)10-8-20(15(23)17-13(10)21)9-5-6-11-12(7-9)19(3)16(24)18(11)2/h5-8,16,24H,4H2,1-3H3,(H,17,21,23). The highest BCUT2D eigenvalue weighted by atomic mass is 16.5. The number of benzene rings is 1. The van der Waals surface area contributed by atoms with Gasteiger partial charge in [0.2, 0.25) is 6.35 Å². The van der Waals surface area contributed by atoms with Crippen molar-refractivity contribution in [3.05, 3.63) is 50.8 Å². The summed E-state index contributed by atoms with van der Waals surface area (Å²) < 4.78 is 6.00. The van der Waals surface area contributed by atoms with Crippen molar-refractivity contribution in [1.29, 1.82) is 0 Å². The molecule has 3 rings (SSSR count). The lowest BCUT2D eigenvalue weighted by atomic mass is 10.2. The van der Waals surface area contributed by atoms with Gasteiger partial charge in [-0.2, -0.15) is 0 Å². The highest BCUT2D eigenvalue weighted by Crippen LogP contribution is 2.37. The zero-order valence-corrected chi connectivity index (χ0v) is 14.0. The smallest absolute Gasteiger partial charge is 0.345 e. The summed E-state index contributed by atoms with van der Waals surface area (Å²) in [6.07, 6.45) is 0.350. The fraction of sp³-hybridized carbons (Fsp3) is 0.312. The summed E-state index contributed by atoms with van der Waals surface area (Å²) in [7, 11) is 3.47. The van der Waals surface area contributed by atoms with Crippen LogP contribution in [0.2, 0.25) is 0 Å². The van der Waals surface area contributed by atoms with Crippen LogP contribution in [0.3, 0.4) is 0 Å². The number of aromatic amines is 1. The summed E-state index contributed by atoms with van der Waals surface area (Å²) in [5.41, 5.74) is 0.221. The fourth-order valence-electron chi connectivity index (χ4n) is 2.77. The summed E-state index contributed by atoms with van der Waals surface area (Å²) in [6, 6.07) is 5.10. The van der Waals surface area contributed by atoms with Crippen molar-refractivity contribution in [2.45, 2.75) is 13.3 Å². The molecule has 1 aromatic carbocycles. The minimum Gasteiger partial charge on any atom is -0.462 e. The predicted molar refractivity (Wildman–Crippen MR) is 91.4 cm³/mol. The Morgan fingerprint density at radius 3 is 2.60 bits per heavy atom. The Hall–Kier alpha value is -3.07. The summed E-state index contributed by atoms with van der Waals surface area (Å²) >= 11 is 0. The van der Waals surface area contributed by atoms with Gasteiger partial charge >= 0.3 is 11.7 Å². The number of esters is 1. The number of aliphatic hydroxyl groups excluding tert-OH is 1. The third-order valence-electron chi connectivity index (χ3n) is 4.13. The minimum absolute atomic E-state index is 0.116. The molecular formula is C16H18N4O5. The van der Waals surface area contributed by atoms with Crippen molar-refractivity contribution in [1.82, 2.24) is 9.55 Å². The lowest BCUT2D eigenvalue weighted by molar-refractivity contribution is 0.0523. The van der Waals surface area contributed by atoms with Crippen LogP contribution in [0.5, 0.6) is 0 Å². The zero-order chi connectivity index (χ0) is 18.3. The number of nitrogens with zero attached hydrogens (tertiary/aromatic N) is 3. The van der Waals surface area contributed by atoms with Crippen LogP contribution in [-0.2, 0) is 4.74 Å². The quantitative estimate of drug-likeness (QED) is 0.745. The molecule has 0 amide bonds. The van der Waals surface area contributed by atoms with Gasteiger partial charge in [0.15, 0.2) is 0 Å². The molecule has 0 bridgehead atoms. The Morgan fingerprint density at radius 1 is 1.24 bits per heavy atom. The second-order valence-electron chi connectivity index (χ2n) is 5.63. The molecule has 1 atom stereocenters. The highest BCUT2D eigenvalue weighted by molar-refractivity contribution is 5.88. The van der Waals surface area contributed by atoms with Crippen LogP contribution in [0, 0.1) is 0 Å². The van der Waals surface area contributed by atoms with Gasteiger partial charge < -0.3 is 19.6 Å². The minimum atomic E-state index is -0.812. The van der Waals surface area contributed by atoms with Crippen molar-refractivity contribution in [2.24, 2.45) is 0 Å². The Bertz CT molecular complexity index is 948. The first-order chi connectivity index (χ1) is 11.8. The predicted octanol–water partition coefficient (Wildman–Crippen LogP) is -0.136. The van der Waals surface area contributed by atoms with E-state index in [0.717, 1.165) is 16.5 Å². The van der Waals surface area contributed by atoms with E-state index in [1.54, 1.807) is 49.0 Å². The number of carbonyl (C=O) groups is 1. The number of rotatable bonds is 3. The molecule has 1 aliphatic heterocycles. The van der Waals surface area contributed by atoms with Gasteiger partial charge in [-0.05, 0) is 25.1 Å². The van der Waals surface area contributed by atoms with Crippen LogP contribution in [0.15, 0.2) is 34.0 Å². The van der Waals surface area contributed by atoms with Crippen molar-refractivity contribution in [2.75, 3.05) is 30.5 Å². The molecule has 2 aromatic rings. The van der Waals surface area contributed by atoms with E-state index in [1.807, 2.05) is 0 Å². The molecule has 132 valence electrons. The summed E-state index contributed by atoms with van der Waals surface area (Å²) in [5.74, 6) is -0.800. The van der Waals surface area contributed by atoms with Gasteiger partial charge in [0.1, 0.15) is 5.56 Å². The Kier molecular flexibility index (Phi) is 4.09. The van der Waals surface area contributed by atoms with Gasteiger partial charge in [-0.3, -0.25) is 14.3 Å². The van der Waals surface area contributed by atoms with Crippen molar-refractivity contribution >= 4 is 17.3 Å². The maximum absolute atomic E-state index is 12.2. The average Bonchev–Trinajstić information content (AvgIpc) is 2.79. The molecule has 1 unspecified atom stereocenters. The van der Waals surface area contributed by atoms with E-state index >= 15 is 0 Å². The second-order valence-corrected chi connectivity index (χ2v) is 5.63. The van der Waals surface area contributed by atoms with Gasteiger partial charge in [0.25, 0.3) is 5.56 Å². The first-order valence-electron chi connectivity index (χ1n) is 7.66. The van der Waals surface area contributed by atoms with Gasteiger partial charge in [0.05, 0.1) is 23.7 Å². The Balaban J connectivity index is 2.12. The summed E-state index contributed by atoms with van der Waals surface area (Å²) in [4.78, 5) is 41.3. The monoisotopic (exact) mass is 346 g/mol. The van der Waals surface area contributed by atoms with E-state index in [9.17, 15) is 19.5 Å². The molecule has 1 aliphatic rings. The van der Waals surface area contributed by atoms with Crippen LogP contribution in [-0.4, -0.2) is 47.7 Å². The van der Waals surface area contributed by atoms with E-state index in [0.29, 0.717) is 11.4 Å². The molecule has 25 heavy (non-hydrogen) atoms. The molecular weight excluding hydrogens is 328 g/mol. The van der Waals surface area contributed by atoms with Gasteiger partial charge in [-0.15, -0.1) is 0 Å². The van der Waals surface area contributed by atoms with Gasteiger partial charge in [-0.25, -0.2) is 9.59 Å². The second kappa shape index (κ2) is 6.10. The average molecular weight is 346 g/mol. The molecule has 0 radical (unpaired) electrons. The van der Waals surface area contributed by atoms with Gasteiger partial charge in [-0.1, -0.05) is 0 Å². The number of aliphatic hydroxyl groups is 1. The van der Waals surface area contributed by atoms with Crippen molar-refractivity contribution in [3.63, 3.8) is 0 Å². The molecule has 0 aliphatic carbocycles. The maximum atomic E-state index is 12.2. The first-order valence-corrected chi connectivity index (χ1v) is 7.66. The van der Waals surface area contributed by atoms with E-state index < -0.39 is 23.6 Å². The molecule has 9 nitrogen and oxygen atoms in total. The lowest BCUT2D eigenvalue weighted by Crippen LogP contribution is -2.38. The van der Waals surface area contributed by atoms with E-state index in [1.165, 1.54) is 0 Å². The molecule has 0 saturated heterocycles. The first kappa shape index (κ1) is 16.8. The van der Waals surface area contributed by atoms with Crippen LogP contribution >= 0.6 is 0 Å². The maximum Gasteiger partial charge on any atom is 0.345 e. The Labute approximate surface area is 142 Å². The molecule has 2 N–H and O–H groups in total. The SMILES string of the molecule is CCOC(=O)c1cn(-c2ccc3c(c2)N(C)C(O)N3C)c(=O)[nH]c1=O. The van der Waals surface area contributed by atoms with Gasteiger partial charge in [0, 0.05) is 20.3 Å². The molecule has 2 heterocycles. The normalized spacial score (nSPS) is 16.1. The summed E-state index contributed by atoms with van der Waals surface area (Å²) in [5, 5.41) is 10.1.